The van der Waals surface area contributed by atoms with Gasteiger partial charge in [-0.25, -0.2) is 0 Å². The number of aliphatic hydroxyl groups is 5. The molecule has 8 unspecified atom stereocenters. The van der Waals surface area contributed by atoms with Crippen LogP contribution in [0.15, 0.2) is 109 Å². The lowest BCUT2D eigenvalue weighted by Gasteiger charge is -2.41. The van der Waals surface area contributed by atoms with Crippen LogP contribution in [0.3, 0.4) is 0 Å². The van der Waals surface area contributed by atoms with Crippen molar-refractivity contribution in [2.75, 3.05) is 13.2 Å². The maximum Gasteiger partial charge on any atom is 0.306 e. The number of carbonyl (C=O) groups excluding carboxylic acids is 2. The van der Waals surface area contributed by atoms with Crippen molar-refractivity contribution in [3.63, 3.8) is 0 Å². The number of ether oxygens (including phenoxy) is 3. The lowest BCUT2D eigenvalue weighted by molar-refractivity contribution is -0.305. The number of rotatable bonds is 53. The minimum atomic E-state index is -1.62. The molecule has 11 nitrogen and oxygen atoms in total. The number of allylic oxidation sites excluding steroid dienone is 17. The third-order valence-corrected chi connectivity index (χ3v) is 14.4. The number of aliphatic hydroxyl groups excluding tert-OH is 5. The zero-order chi connectivity index (χ0) is 58.2. The van der Waals surface area contributed by atoms with Crippen molar-refractivity contribution < 1.29 is 49.3 Å². The van der Waals surface area contributed by atoms with E-state index >= 15 is 0 Å². The van der Waals surface area contributed by atoms with E-state index in [1.165, 1.54) is 51.4 Å². The molecule has 1 fully saturated rings. The number of hydrogen-bond donors (Lipinski definition) is 6. The first-order valence-corrected chi connectivity index (χ1v) is 32.2. The lowest BCUT2D eigenvalue weighted by atomic mass is 9.99. The highest BCUT2D eigenvalue weighted by molar-refractivity contribution is 5.80. The Morgan fingerprint density at radius 2 is 0.900 bits per heavy atom. The molecule has 6 N–H and O–H groups in total. The van der Waals surface area contributed by atoms with E-state index in [2.05, 4.69) is 123 Å². The van der Waals surface area contributed by atoms with E-state index < -0.39 is 67.4 Å². The van der Waals surface area contributed by atoms with Gasteiger partial charge in [-0.1, -0.05) is 252 Å². The van der Waals surface area contributed by atoms with Crippen molar-refractivity contribution in [3.05, 3.63) is 109 Å². The first kappa shape index (κ1) is 74.3. The summed E-state index contributed by atoms with van der Waals surface area (Å²) >= 11 is 0. The highest BCUT2D eigenvalue weighted by atomic mass is 16.7. The number of nitrogens with one attached hydrogen (secondary N) is 1. The average Bonchev–Trinajstić information content (AvgIpc) is 3.46. The van der Waals surface area contributed by atoms with Crippen molar-refractivity contribution >= 4 is 11.9 Å². The number of amides is 1. The molecule has 0 aromatic carbocycles. The fourth-order valence-electron chi connectivity index (χ4n) is 9.40. The number of carbonyl (C=O) groups is 2. The minimum absolute atomic E-state index is 0.109. The second kappa shape index (κ2) is 55.8. The van der Waals surface area contributed by atoms with Gasteiger partial charge >= 0.3 is 5.97 Å². The third-order valence-electron chi connectivity index (χ3n) is 14.4. The topological polar surface area (TPSA) is 175 Å². The summed E-state index contributed by atoms with van der Waals surface area (Å²) in [5.74, 6) is -1.22. The highest BCUT2D eigenvalue weighted by Crippen LogP contribution is 2.26. The average molecular weight is 1120 g/mol. The zero-order valence-electron chi connectivity index (χ0n) is 50.7. The zero-order valence-corrected chi connectivity index (χ0v) is 50.7. The van der Waals surface area contributed by atoms with Crippen LogP contribution in [-0.2, 0) is 23.8 Å². The summed E-state index contributed by atoms with van der Waals surface area (Å²) in [4.78, 5) is 26.5. The molecule has 0 aliphatic carbocycles. The van der Waals surface area contributed by atoms with E-state index in [1.54, 1.807) is 6.08 Å². The van der Waals surface area contributed by atoms with Gasteiger partial charge in [0, 0.05) is 6.42 Å². The van der Waals surface area contributed by atoms with Crippen LogP contribution in [-0.4, -0.2) is 99.6 Å². The fraction of sp³-hybridized carbons (Fsp3) is 0.710. The molecule has 0 spiro atoms. The molecule has 1 amide bonds. The smallest absolute Gasteiger partial charge is 0.306 e. The van der Waals surface area contributed by atoms with Crippen molar-refractivity contribution in [2.45, 2.75) is 301 Å². The normalized spacial score (nSPS) is 19.5. The van der Waals surface area contributed by atoms with Crippen LogP contribution < -0.4 is 5.32 Å². The summed E-state index contributed by atoms with van der Waals surface area (Å²) in [5.41, 5.74) is 0. The SMILES string of the molecule is CC/C=C\C/C=C\C/C=C\C/C=C\C/C=C\C/C=C\CCCCCCCCCC(O)C(=O)NC(COC1OC(CO)C(O)C(O)C1OC(=O)CCCCCCCCC/C=C/C/C=C/CC)C(O)/C=C/CCCCCCCCCCC. The molecule has 458 valence electrons. The summed E-state index contributed by atoms with van der Waals surface area (Å²) < 4.78 is 17.6. The van der Waals surface area contributed by atoms with Crippen LogP contribution in [0.25, 0.3) is 0 Å². The van der Waals surface area contributed by atoms with Crippen LogP contribution >= 0.6 is 0 Å². The predicted molar refractivity (Wildman–Crippen MR) is 333 cm³/mol. The Kier molecular flexibility index (Phi) is 51.9. The summed E-state index contributed by atoms with van der Waals surface area (Å²) in [7, 11) is 0. The van der Waals surface area contributed by atoms with Gasteiger partial charge in [-0.2, -0.15) is 0 Å². The molecule has 0 saturated carbocycles. The Balaban J connectivity index is 2.61. The van der Waals surface area contributed by atoms with Gasteiger partial charge in [-0.3, -0.25) is 9.59 Å². The Labute approximate surface area is 488 Å². The third kappa shape index (κ3) is 43.1. The van der Waals surface area contributed by atoms with E-state index in [-0.39, 0.29) is 19.4 Å². The van der Waals surface area contributed by atoms with Gasteiger partial charge in [-0.05, 0) is 103 Å². The van der Waals surface area contributed by atoms with Crippen molar-refractivity contribution in [2.24, 2.45) is 0 Å². The molecule has 1 rings (SSSR count). The molecule has 0 radical (unpaired) electrons. The lowest BCUT2D eigenvalue weighted by Crippen LogP contribution is -2.61. The molecule has 0 aromatic heterocycles. The van der Waals surface area contributed by atoms with Crippen molar-refractivity contribution in [1.82, 2.24) is 5.32 Å². The van der Waals surface area contributed by atoms with Crippen LogP contribution in [0.1, 0.15) is 252 Å². The van der Waals surface area contributed by atoms with Gasteiger partial charge < -0.3 is 45.1 Å². The minimum Gasteiger partial charge on any atom is -0.454 e. The summed E-state index contributed by atoms with van der Waals surface area (Å²) in [5, 5.41) is 57.0. The molecule has 0 bridgehead atoms. The van der Waals surface area contributed by atoms with E-state index in [0.29, 0.717) is 12.8 Å². The molecule has 8 atom stereocenters. The second-order valence-corrected chi connectivity index (χ2v) is 21.7. The molecule has 1 aliphatic rings. The van der Waals surface area contributed by atoms with Gasteiger partial charge in [0.2, 0.25) is 5.91 Å². The van der Waals surface area contributed by atoms with E-state index in [0.717, 1.165) is 154 Å². The molecule has 0 aromatic rings. The maximum absolute atomic E-state index is 13.4. The van der Waals surface area contributed by atoms with E-state index in [4.69, 9.17) is 14.2 Å². The highest BCUT2D eigenvalue weighted by Gasteiger charge is 2.47. The first-order valence-electron chi connectivity index (χ1n) is 32.2. The summed E-state index contributed by atoms with van der Waals surface area (Å²) in [6.45, 7) is 5.54. The van der Waals surface area contributed by atoms with Crippen LogP contribution in [0, 0.1) is 0 Å². The van der Waals surface area contributed by atoms with Crippen molar-refractivity contribution in [3.8, 4) is 0 Å². The molecule has 11 heteroatoms. The quantitative estimate of drug-likeness (QED) is 0.0195. The van der Waals surface area contributed by atoms with Gasteiger partial charge in [0.15, 0.2) is 12.4 Å². The Morgan fingerprint density at radius 3 is 1.35 bits per heavy atom. The maximum atomic E-state index is 13.4. The standard InChI is InChI=1S/C69H117NO10/c1-4-7-10-13-16-19-22-24-26-27-28-29-30-31-32-33-34-35-36-37-38-41-44-47-50-53-56-62(73)68(77)70-60(61(72)55-52-49-46-43-40-21-18-15-12-9-6-3)59-78-69-67(66(76)65(75)63(58-71)79-69)80-64(74)57-54-51-48-45-42-39-25-23-20-17-14-11-8-5-2/h7-8,10-11,16-17,19-20,24,26,28-29,31-32,34-35,52,55,60-63,65-67,69,71-73,75-76H,4-6,9,12-15,18,21-23,25,27,30,33,36-51,53-54,56-59H2,1-3H3,(H,70,77)/b10-7-,11-8+,19-16-,20-17+,26-24-,29-28-,32-31-,35-34-,55-52+. The Hall–Kier alpha value is -3.68. The Morgan fingerprint density at radius 1 is 0.500 bits per heavy atom. The predicted octanol–water partition coefficient (Wildman–Crippen LogP) is 15.7. The summed E-state index contributed by atoms with van der Waals surface area (Å²) in [6.07, 6.45) is 65.6. The first-order chi connectivity index (χ1) is 39.2. The van der Waals surface area contributed by atoms with Gasteiger partial charge in [0.05, 0.1) is 25.4 Å². The summed E-state index contributed by atoms with van der Waals surface area (Å²) in [6, 6.07) is -1.04. The van der Waals surface area contributed by atoms with Gasteiger partial charge in [-0.15, -0.1) is 0 Å². The van der Waals surface area contributed by atoms with E-state index in [9.17, 15) is 35.1 Å². The fourth-order valence-corrected chi connectivity index (χ4v) is 9.40. The van der Waals surface area contributed by atoms with Crippen molar-refractivity contribution in [1.29, 1.82) is 0 Å². The van der Waals surface area contributed by atoms with Crippen LogP contribution in [0.2, 0.25) is 0 Å². The largest absolute Gasteiger partial charge is 0.454 e. The molecule has 1 heterocycles. The second-order valence-electron chi connectivity index (χ2n) is 21.7. The number of unbranched alkanes of at least 4 members (excludes halogenated alkanes) is 23. The number of hydrogen-bond acceptors (Lipinski definition) is 10. The van der Waals surface area contributed by atoms with E-state index in [1.807, 2.05) is 6.08 Å². The molecule has 1 saturated heterocycles. The molecule has 1 aliphatic heterocycles. The molecular formula is C69H117NO10. The van der Waals surface area contributed by atoms with Crippen LogP contribution in [0.5, 0.6) is 0 Å². The van der Waals surface area contributed by atoms with Gasteiger partial charge in [0.1, 0.15) is 24.4 Å². The van der Waals surface area contributed by atoms with Gasteiger partial charge in [0.25, 0.3) is 0 Å². The van der Waals surface area contributed by atoms with Crippen LogP contribution in [0.4, 0.5) is 0 Å². The molecular weight excluding hydrogens is 1000 g/mol. The number of esters is 1. The molecule has 80 heavy (non-hydrogen) atoms. The monoisotopic (exact) mass is 1120 g/mol. The Bertz CT molecular complexity index is 1710.